The molecule has 0 atom stereocenters. The van der Waals surface area contributed by atoms with E-state index in [0.717, 1.165) is 24.2 Å². The van der Waals surface area contributed by atoms with Crippen molar-refractivity contribution in [1.82, 2.24) is 24.9 Å². The van der Waals surface area contributed by atoms with Gasteiger partial charge in [-0.3, -0.25) is 4.79 Å². The minimum absolute atomic E-state index is 0.101. The van der Waals surface area contributed by atoms with Crippen LogP contribution in [-0.2, 0) is 9.53 Å². The topological polar surface area (TPSA) is 98.5 Å². The van der Waals surface area contributed by atoms with Crippen molar-refractivity contribution in [2.24, 2.45) is 0 Å². The second kappa shape index (κ2) is 5.12. The van der Waals surface area contributed by atoms with Crippen LogP contribution in [-0.4, -0.2) is 44.1 Å². The van der Waals surface area contributed by atoms with Crippen molar-refractivity contribution < 1.29 is 14.3 Å². The third-order valence-corrected chi connectivity index (χ3v) is 3.08. The first-order valence-corrected chi connectivity index (χ1v) is 6.70. The molecule has 1 fully saturated rings. The van der Waals surface area contributed by atoms with Gasteiger partial charge in [0.05, 0.1) is 0 Å². The zero-order valence-electron chi connectivity index (χ0n) is 11.8. The SMILES string of the molecule is Cc1cc(C)n2nc(C(=O)OCC(=O)NC3CC3)nc2n1. The highest BCUT2D eigenvalue weighted by Gasteiger charge is 2.24. The maximum Gasteiger partial charge on any atom is 0.378 e. The Morgan fingerprint density at radius 2 is 2.14 bits per heavy atom. The lowest BCUT2D eigenvalue weighted by molar-refractivity contribution is -0.124. The number of carbonyl (C=O) groups is 2. The van der Waals surface area contributed by atoms with Crippen molar-refractivity contribution in [2.75, 3.05) is 6.61 Å². The molecule has 0 spiro atoms. The molecule has 0 aromatic carbocycles. The van der Waals surface area contributed by atoms with Gasteiger partial charge in [0.1, 0.15) is 0 Å². The molecule has 1 saturated carbocycles. The number of hydrogen-bond donors (Lipinski definition) is 1. The quantitative estimate of drug-likeness (QED) is 0.806. The molecule has 1 N–H and O–H groups in total. The average Bonchev–Trinajstić information content (AvgIpc) is 3.12. The summed E-state index contributed by atoms with van der Waals surface area (Å²) in [6.07, 6.45) is 1.97. The highest BCUT2D eigenvalue weighted by Crippen LogP contribution is 2.18. The van der Waals surface area contributed by atoms with Crippen LogP contribution >= 0.6 is 0 Å². The molecule has 0 unspecified atom stereocenters. The molecule has 110 valence electrons. The van der Waals surface area contributed by atoms with Crippen molar-refractivity contribution in [2.45, 2.75) is 32.7 Å². The van der Waals surface area contributed by atoms with Crippen LogP contribution in [0.5, 0.6) is 0 Å². The molecule has 21 heavy (non-hydrogen) atoms. The smallest absolute Gasteiger partial charge is 0.378 e. The van der Waals surface area contributed by atoms with E-state index in [2.05, 4.69) is 20.4 Å². The molecule has 3 rings (SSSR count). The van der Waals surface area contributed by atoms with Crippen LogP contribution in [0.25, 0.3) is 5.78 Å². The molecule has 1 amide bonds. The van der Waals surface area contributed by atoms with Crippen LogP contribution in [0.4, 0.5) is 0 Å². The third kappa shape index (κ3) is 2.99. The fourth-order valence-corrected chi connectivity index (χ4v) is 1.95. The molecular weight excluding hydrogens is 274 g/mol. The molecule has 0 saturated heterocycles. The van der Waals surface area contributed by atoms with Gasteiger partial charge < -0.3 is 10.1 Å². The summed E-state index contributed by atoms with van der Waals surface area (Å²) in [6.45, 7) is 3.35. The number of fused-ring (bicyclic) bond motifs is 1. The average molecular weight is 289 g/mol. The van der Waals surface area contributed by atoms with Gasteiger partial charge in [0.25, 0.3) is 17.5 Å². The predicted molar refractivity (Wildman–Crippen MR) is 71.7 cm³/mol. The Bertz CT molecular complexity index is 720. The molecule has 0 radical (unpaired) electrons. The number of aromatic nitrogens is 4. The molecule has 8 nitrogen and oxygen atoms in total. The molecule has 2 aromatic rings. The molecule has 8 heteroatoms. The lowest BCUT2D eigenvalue weighted by Crippen LogP contribution is -2.30. The summed E-state index contributed by atoms with van der Waals surface area (Å²) in [5.41, 5.74) is 1.60. The van der Waals surface area contributed by atoms with Crippen LogP contribution in [0, 0.1) is 13.8 Å². The first-order valence-electron chi connectivity index (χ1n) is 6.70. The van der Waals surface area contributed by atoms with Gasteiger partial charge in [-0.15, -0.1) is 5.10 Å². The summed E-state index contributed by atoms with van der Waals surface area (Å²) < 4.78 is 6.37. The first kappa shape index (κ1) is 13.5. The number of nitrogens with one attached hydrogen (secondary N) is 1. The molecule has 1 aliphatic rings. The summed E-state index contributed by atoms with van der Waals surface area (Å²) in [5, 5.41) is 6.77. The molecule has 2 aromatic heterocycles. The van der Waals surface area contributed by atoms with Crippen LogP contribution in [0.15, 0.2) is 6.07 Å². The molecule has 0 bridgehead atoms. The van der Waals surface area contributed by atoms with Gasteiger partial charge in [0.15, 0.2) is 6.61 Å². The van der Waals surface area contributed by atoms with E-state index < -0.39 is 5.97 Å². The summed E-state index contributed by atoms with van der Waals surface area (Å²) in [5.74, 6) is -0.805. The van der Waals surface area contributed by atoms with E-state index in [9.17, 15) is 9.59 Å². The lowest BCUT2D eigenvalue weighted by atomic mass is 10.4. The monoisotopic (exact) mass is 289 g/mol. The van der Waals surface area contributed by atoms with Crippen molar-refractivity contribution in [3.05, 3.63) is 23.3 Å². The lowest BCUT2D eigenvalue weighted by Gasteiger charge is -2.02. The molecule has 0 aliphatic heterocycles. The second-order valence-electron chi connectivity index (χ2n) is 5.10. The Kier molecular flexibility index (Phi) is 3.28. The van der Waals surface area contributed by atoms with Crippen molar-refractivity contribution in [3.63, 3.8) is 0 Å². The zero-order valence-corrected chi connectivity index (χ0v) is 11.8. The number of esters is 1. The summed E-state index contributed by atoms with van der Waals surface area (Å²) in [7, 11) is 0. The Morgan fingerprint density at radius 3 is 2.86 bits per heavy atom. The summed E-state index contributed by atoms with van der Waals surface area (Å²) in [6, 6.07) is 2.07. The number of amides is 1. The number of carbonyl (C=O) groups excluding carboxylic acids is 2. The highest BCUT2D eigenvalue weighted by molar-refractivity contribution is 5.88. The maximum absolute atomic E-state index is 11.8. The number of nitrogens with zero attached hydrogens (tertiary/aromatic N) is 4. The van der Waals surface area contributed by atoms with Crippen molar-refractivity contribution in [1.29, 1.82) is 0 Å². The number of hydrogen-bond acceptors (Lipinski definition) is 6. The fraction of sp³-hybridized carbons (Fsp3) is 0.462. The minimum Gasteiger partial charge on any atom is -0.450 e. The number of ether oxygens (including phenoxy) is 1. The van der Waals surface area contributed by atoms with Crippen LogP contribution in [0.2, 0.25) is 0 Å². The van der Waals surface area contributed by atoms with Gasteiger partial charge in [0, 0.05) is 17.4 Å². The van der Waals surface area contributed by atoms with Crippen molar-refractivity contribution in [3.8, 4) is 0 Å². The second-order valence-corrected chi connectivity index (χ2v) is 5.10. The van der Waals surface area contributed by atoms with Crippen LogP contribution in [0.3, 0.4) is 0 Å². The van der Waals surface area contributed by atoms with Crippen LogP contribution in [0.1, 0.15) is 34.8 Å². The van der Waals surface area contributed by atoms with Gasteiger partial charge in [-0.2, -0.15) is 4.98 Å². The molecule has 2 heterocycles. The Balaban J connectivity index is 1.69. The maximum atomic E-state index is 11.8. The molecule has 1 aliphatic carbocycles. The van der Waals surface area contributed by atoms with E-state index in [-0.39, 0.29) is 24.4 Å². The number of rotatable bonds is 4. The van der Waals surface area contributed by atoms with Crippen LogP contribution < -0.4 is 5.32 Å². The Labute approximate surface area is 120 Å². The Morgan fingerprint density at radius 1 is 1.38 bits per heavy atom. The fourth-order valence-electron chi connectivity index (χ4n) is 1.95. The van der Waals surface area contributed by atoms with E-state index in [1.807, 2.05) is 19.9 Å². The van der Waals surface area contributed by atoms with E-state index in [1.54, 1.807) is 0 Å². The third-order valence-electron chi connectivity index (χ3n) is 3.08. The van der Waals surface area contributed by atoms with E-state index in [4.69, 9.17) is 4.74 Å². The van der Waals surface area contributed by atoms with E-state index in [1.165, 1.54) is 4.52 Å². The van der Waals surface area contributed by atoms with E-state index >= 15 is 0 Å². The first-order chi connectivity index (χ1) is 10.0. The van der Waals surface area contributed by atoms with Gasteiger partial charge >= 0.3 is 5.97 Å². The van der Waals surface area contributed by atoms with Gasteiger partial charge in [-0.05, 0) is 32.8 Å². The molecular formula is C13H15N5O3. The largest absolute Gasteiger partial charge is 0.450 e. The van der Waals surface area contributed by atoms with Gasteiger partial charge in [-0.1, -0.05) is 0 Å². The normalized spacial score (nSPS) is 14.2. The Hall–Kier alpha value is -2.51. The number of aryl methyl sites for hydroxylation is 2. The van der Waals surface area contributed by atoms with Crippen molar-refractivity contribution >= 4 is 17.7 Å². The highest BCUT2D eigenvalue weighted by atomic mass is 16.5. The summed E-state index contributed by atoms with van der Waals surface area (Å²) in [4.78, 5) is 31.5. The predicted octanol–water partition coefficient (Wildman–Crippen LogP) is 0.177. The van der Waals surface area contributed by atoms with Gasteiger partial charge in [-0.25, -0.2) is 14.3 Å². The summed E-state index contributed by atoms with van der Waals surface area (Å²) >= 11 is 0. The van der Waals surface area contributed by atoms with E-state index in [0.29, 0.717) is 5.78 Å². The minimum atomic E-state index is -0.733. The standard InChI is InChI=1S/C13H15N5O3/c1-7-5-8(2)18-13(14-7)16-11(17-18)12(20)21-6-10(19)15-9-3-4-9/h5,9H,3-4,6H2,1-2H3,(H,15,19). The van der Waals surface area contributed by atoms with Gasteiger partial charge in [0.2, 0.25) is 0 Å². The zero-order chi connectivity index (χ0) is 15.0.